The lowest BCUT2D eigenvalue weighted by molar-refractivity contribution is -0.168. The number of esters is 1. The quantitative estimate of drug-likeness (QED) is 0.583. The van der Waals surface area contributed by atoms with Crippen LogP contribution in [0.5, 0.6) is 0 Å². The Morgan fingerprint density at radius 1 is 1.47 bits per heavy atom. The molecular weight excluding hydrogens is 244 g/mol. The molecule has 4 heteroatoms. The van der Waals surface area contributed by atoms with Crippen molar-refractivity contribution in [3.63, 3.8) is 0 Å². The maximum Gasteiger partial charge on any atom is 0.306 e. The lowest BCUT2D eigenvalue weighted by Crippen LogP contribution is -2.41. The van der Waals surface area contributed by atoms with Crippen LogP contribution in [0, 0.1) is 18.3 Å². The Balaban J connectivity index is 2.69. The molecule has 0 bridgehead atoms. The van der Waals surface area contributed by atoms with Gasteiger partial charge < -0.3 is 14.2 Å². The number of carbonyl (C=O) groups excluding carboxylic acids is 1. The molecule has 1 fully saturated rings. The van der Waals surface area contributed by atoms with E-state index >= 15 is 0 Å². The van der Waals surface area contributed by atoms with Crippen molar-refractivity contribution in [2.45, 2.75) is 65.0 Å². The lowest BCUT2D eigenvalue weighted by Gasteiger charge is -2.30. The molecule has 108 valence electrons. The standard InChI is InChI=1S/C15H24O4/c1-8-15(10-17-14(6,7)19-15)11(2)9-12(16)18-13(3,4)5/h1,11H,9-10H2,2-7H3/t11-,15+/m0/s1. The topological polar surface area (TPSA) is 44.8 Å². The smallest absolute Gasteiger partial charge is 0.306 e. The summed E-state index contributed by atoms with van der Waals surface area (Å²) in [6.45, 7) is 11.3. The van der Waals surface area contributed by atoms with Crippen LogP contribution in [0.1, 0.15) is 48.0 Å². The maximum atomic E-state index is 11.9. The zero-order valence-electron chi connectivity index (χ0n) is 12.7. The van der Waals surface area contributed by atoms with E-state index in [0.717, 1.165) is 0 Å². The van der Waals surface area contributed by atoms with Gasteiger partial charge in [-0.15, -0.1) is 6.42 Å². The lowest BCUT2D eigenvalue weighted by atomic mass is 9.87. The maximum absolute atomic E-state index is 11.9. The fourth-order valence-corrected chi connectivity index (χ4v) is 2.03. The van der Waals surface area contributed by atoms with Crippen molar-refractivity contribution >= 4 is 5.97 Å². The molecule has 0 saturated carbocycles. The van der Waals surface area contributed by atoms with Crippen molar-refractivity contribution in [3.05, 3.63) is 0 Å². The second kappa shape index (κ2) is 5.15. The summed E-state index contributed by atoms with van der Waals surface area (Å²) < 4.78 is 16.7. The monoisotopic (exact) mass is 268 g/mol. The number of hydrogen-bond donors (Lipinski definition) is 0. The summed E-state index contributed by atoms with van der Waals surface area (Å²) in [4.78, 5) is 11.9. The molecule has 1 rings (SSSR count). The van der Waals surface area contributed by atoms with E-state index in [-0.39, 0.29) is 18.3 Å². The van der Waals surface area contributed by atoms with Crippen LogP contribution in [0.25, 0.3) is 0 Å². The summed E-state index contributed by atoms with van der Waals surface area (Å²) in [5, 5.41) is 0. The molecule has 0 aromatic rings. The molecule has 19 heavy (non-hydrogen) atoms. The Morgan fingerprint density at radius 2 is 2.05 bits per heavy atom. The summed E-state index contributed by atoms with van der Waals surface area (Å²) in [6.07, 6.45) is 5.80. The molecule has 0 aromatic heterocycles. The number of carbonyl (C=O) groups is 1. The zero-order valence-corrected chi connectivity index (χ0v) is 12.7. The van der Waals surface area contributed by atoms with Crippen molar-refractivity contribution in [2.75, 3.05) is 6.61 Å². The van der Waals surface area contributed by atoms with Gasteiger partial charge in [0, 0.05) is 5.92 Å². The van der Waals surface area contributed by atoms with Gasteiger partial charge in [-0.2, -0.15) is 0 Å². The zero-order chi connectivity index (χ0) is 14.9. The Bertz CT molecular complexity index is 386. The summed E-state index contributed by atoms with van der Waals surface area (Å²) in [7, 11) is 0. The van der Waals surface area contributed by atoms with Gasteiger partial charge in [-0.25, -0.2) is 0 Å². The Kier molecular flexibility index (Phi) is 4.33. The van der Waals surface area contributed by atoms with Gasteiger partial charge in [0.1, 0.15) is 5.60 Å². The molecule has 0 N–H and O–H groups in total. The molecule has 4 nitrogen and oxygen atoms in total. The van der Waals surface area contributed by atoms with E-state index in [1.165, 1.54) is 0 Å². The predicted molar refractivity (Wildman–Crippen MR) is 72.3 cm³/mol. The number of terminal acetylenes is 1. The third-order valence-electron chi connectivity index (χ3n) is 3.00. The predicted octanol–water partition coefficient (Wildman–Crippen LogP) is 2.51. The summed E-state index contributed by atoms with van der Waals surface area (Å²) in [5.74, 6) is 1.49. The van der Waals surface area contributed by atoms with Gasteiger partial charge in [0.25, 0.3) is 0 Å². The van der Waals surface area contributed by atoms with Crippen molar-refractivity contribution in [1.29, 1.82) is 0 Å². The van der Waals surface area contributed by atoms with Gasteiger partial charge in [-0.05, 0) is 34.6 Å². The highest BCUT2D eigenvalue weighted by Crippen LogP contribution is 2.37. The third-order valence-corrected chi connectivity index (χ3v) is 3.00. The van der Waals surface area contributed by atoms with Crippen LogP contribution in [0.15, 0.2) is 0 Å². The van der Waals surface area contributed by atoms with Gasteiger partial charge in [0.2, 0.25) is 0 Å². The second-order valence-corrected chi connectivity index (χ2v) is 6.52. The Morgan fingerprint density at radius 3 is 2.42 bits per heavy atom. The minimum absolute atomic E-state index is 0.172. The van der Waals surface area contributed by atoms with Crippen LogP contribution in [0.3, 0.4) is 0 Å². The van der Waals surface area contributed by atoms with Crippen LogP contribution >= 0.6 is 0 Å². The molecule has 0 radical (unpaired) electrons. The average Bonchev–Trinajstić information content (AvgIpc) is 2.52. The molecule has 1 aliphatic rings. The van der Waals surface area contributed by atoms with E-state index in [1.54, 1.807) is 0 Å². The van der Waals surface area contributed by atoms with Crippen molar-refractivity contribution < 1.29 is 19.0 Å². The fraction of sp³-hybridized carbons (Fsp3) is 0.800. The highest BCUT2D eigenvalue weighted by atomic mass is 16.8. The van der Waals surface area contributed by atoms with E-state index in [2.05, 4.69) is 5.92 Å². The normalized spacial score (nSPS) is 27.6. The minimum atomic E-state index is -0.861. The molecule has 0 aliphatic carbocycles. The van der Waals surface area contributed by atoms with E-state index in [9.17, 15) is 4.79 Å². The molecular formula is C15H24O4. The number of hydrogen-bond acceptors (Lipinski definition) is 4. The van der Waals surface area contributed by atoms with Crippen molar-refractivity contribution in [3.8, 4) is 12.3 Å². The van der Waals surface area contributed by atoms with Crippen LogP contribution in [-0.2, 0) is 19.0 Å². The van der Waals surface area contributed by atoms with Gasteiger partial charge in [-0.3, -0.25) is 4.79 Å². The van der Waals surface area contributed by atoms with Crippen LogP contribution in [-0.4, -0.2) is 29.6 Å². The number of ether oxygens (including phenoxy) is 3. The van der Waals surface area contributed by atoms with Gasteiger partial charge in [0.15, 0.2) is 11.4 Å². The SMILES string of the molecule is C#C[C@]1([C@@H](C)CC(=O)OC(C)(C)C)COC(C)(C)O1. The molecule has 1 aliphatic heterocycles. The second-order valence-electron chi connectivity index (χ2n) is 6.52. The van der Waals surface area contributed by atoms with E-state index in [0.29, 0.717) is 6.61 Å². The van der Waals surface area contributed by atoms with Crippen molar-refractivity contribution in [1.82, 2.24) is 0 Å². The summed E-state index contributed by atoms with van der Waals surface area (Å²) in [5.41, 5.74) is -1.35. The first-order valence-corrected chi connectivity index (χ1v) is 6.53. The van der Waals surface area contributed by atoms with Gasteiger partial charge >= 0.3 is 5.97 Å². The van der Waals surface area contributed by atoms with Gasteiger partial charge in [0.05, 0.1) is 13.0 Å². The molecule has 0 unspecified atom stereocenters. The summed E-state index contributed by atoms with van der Waals surface area (Å²) in [6, 6.07) is 0. The third kappa shape index (κ3) is 4.22. The highest BCUT2D eigenvalue weighted by Gasteiger charge is 2.48. The Labute approximate surface area is 115 Å². The molecule has 1 saturated heterocycles. The molecule has 1 heterocycles. The molecule has 0 spiro atoms. The van der Waals surface area contributed by atoms with E-state index < -0.39 is 17.0 Å². The minimum Gasteiger partial charge on any atom is -0.460 e. The van der Waals surface area contributed by atoms with Crippen molar-refractivity contribution in [2.24, 2.45) is 5.92 Å². The largest absolute Gasteiger partial charge is 0.460 e. The summed E-state index contributed by atoms with van der Waals surface area (Å²) >= 11 is 0. The van der Waals surface area contributed by atoms with Crippen LogP contribution in [0.2, 0.25) is 0 Å². The Hall–Kier alpha value is -1.05. The van der Waals surface area contributed by atoms with Gasteiger partial charge in [-0.1, -0.05) is 12.8 Å². The molecule has 0 aromatic carbocycles. The van der Waals surface area contributed by atoms with Crippen LogP contribution < -0.4 is 0 Å². The molecule has 0 amide bonds. The van der Waals surface area contributed by atoms with E-state index in [4.69, 9.17) is 20.6 Å². The first-order valence-electron chi connectivity index (χ1n) is 6.53. The first kappa shape index (κ1) is 16.0. The average molecular weight is 268 g/mol. The van der Waals surface area contributed by atoms with Crippen LogP contribution in [0.4, 0.5) is 0 Å². The number of rotatable bonds is 3. The van der Waals surface area contributed by atoms with E-state index in [1.807, 2.05) is 41.5 Å². The highest BCUT2D eigenvalue weighted by molar-refractivity contribution is 5.70. The fourth-order valence-electron chi connectivity index (χ4n) is 2.03. The first-order chi connectivity index (χ1) is 8.50. The molecule has 2 atom stereocenters.